The van der Waals surface area contributed by atoms with Gasteiger partial charge in [-0.3, -0.25) is 0 Å². The lowest BCUT2D eigenvalue weighted by Gasteiger charge is -2.19. The summed E-state index contributed by atoms with van der Waals surface area (Å²) in [4.78, 5) is 8.88. The maximum absolute atomic E-state index is 4.39. The Bertz CT molecular complexity index is 496. The lowest BCUT2D eigenvalue weighted by atomic mass is 10.1. The van der Waals surface area contributed by atoms with Crippen molar-refractivity contribution in [1.29, 1.82) is 0 Å². The van der Waals surface area contributed by atoms with Crippen molar-refractivity contribution in [1.82, 2.24) is 15.3 Å². The number of hydrogen-bond donors (Lipinski definition) is 2. The zero-order valence-electron chi connectivity index (χ0n) is 10.2. The van der Waals surface area contributed by atoms with Gasteiger partial charge in [0, 0.05) is 33.8 Å². The van der Waals surface area contributed by atoms with Crippen LogP contribution in [-0.2, 0) is 6.54 Å². The van der Waals surface area contributed by atoms with Crippen LogP contribution >= 0.6 is 27.3 Å². The second-order valence-corrected chi connectivity index (χ2v) is 6.82. The van der Waals surface area contributed by atoms with E-state index in [2.05, 4.69) is 63.4 Å². The number of H-pyrrole nitrogens is 1. The number of aromatic nitrogens is 2. The summed E-state index contributed by atoms with van der Waals surface area (Å²) in [5, 5.41) is 5.49. The van der Waals surface area contributed by atoms with Crippen LogP contribution in [-0.4, -0.2) is 15.5 Å². The van der Waals surface area contributed by atoms with Crippen molar-refractivity contribution in [2.45, 2.75) is 32.9 Å². The summed E-state index contributed by atoms with van der Waals surface area (Å²) in [6.07, 6.45) is 1.89. The molecular weight excluding hydrogens is 298 g/mol. The molecule has 0 bridgehead atoms. The molecule has 0 atom stereocenters. The molecule has 0 aliphatic carbocycles. The molecule has 3 nitrogen and oxygen atoms in total. The molecule has 0 saturated heterocycles. The molecule has 2 heterocycles. The first-order chi connectivity index (χ1) is 7.94. The van der Waals surface area contributed by atoms with E-state index in [1.54, 1.807) is 11.3 Å². The highest BCUT2D eigenvalue weighted by atomic mass is 79.9. The van der Waals surface area contributed by atoms with Crippen LogP contribution in [0.4, 0.5) is 0 Å². The summed E-state index contributed by atoms with van der Waals surface area (Å²) in [5.41, 5.74) is 1.23. The topological polar surface area (TPSA) is 40.7 Å². The van der Waals surface area contributed by atoms with Crippen molar-refractivity contribution < 1.29 is 0 Å². The van der Waals surface area contributed by atoms with Crippen LogP contribution in [0, 0.1) is 0 Å². The number of hydrogen-bond acceptors (Lipinski definition) is 3. The second kappa shape index (κ2) is 4.92. The van der Waals surface area contributed by atoms with Crippen LogP contribution in [0.15, 0.2) is 22.1 Å². The van der Waals surface area contributed by atoms with E-state index in [1.165, 1.54) is 0 Å². The molecule has 0 aliphatic heterocycles. The van der Waals surface area contributed by atoms with Crippen LogP contribution in [0.1, 0.15) is 26.5 Å². The van der Waals surface area contributed by atoms with Gasteiger partial charge in [-0.2, -0.15) is 0 Å². The first kappa shape index (κ1) is 12.8. The molecule has 2 aromatic rings. The third-order valence-corrected chi connectivity index (χ3v) is 3.94. The smallest absolute Gasteiger partial charge is 0.147 e. The SMILES string of the molecule is CC(C)(C)NCc1cnc(-c2cc(Br)cs2)[nH]1. The number of imidazole rings is 1. The zero-order chi connectivity index (χ0) is 12.5. The number of aromatic amines is 1. The average Bonchev–Trinajstić information content (AvgIpc) is 2.81. The van der Waals surface area contributed by atoms with E-state index >= 15 is 0 Å². The number of thiophene rings is 1. The Morgan fingerprint density at radius 1 is 1.47 bits per heavy atom. The predicted molar refractivity (Wildman–Crippen MR) is 76.2 cm³/mol. The van der Waals surface area contributed by atoms with Gasteiger partial charge in [0.15, 0.2) is 0 Å². The van der Waals surface area contributed by atoms with Gasteiger partial charge in [0.2, 0.25) is 0 Å². The number of nitrogens with zero attached hydrogens (tertiary/aromatic N) is 1. The quantitative estimate of drug-likeness (QED) is 0.905. The Morgan fingerprint density at radius 3 is 2.82 bits per heavy atom. The van der Waals surface area contributed by atoms with Gasteiger partial charge in [-0.15, -0.1) is 11.3 Å². The summed E-state index contributed by atoms with van der Waals surface area (Å²) < 4.78 is 1.10. The van der Waals surface area contributed by atoms with Gasteiger partial charge in [-0.1, -0.05) is 0 Å². The molecule has 5 heteroatoms. The molecular formula is C12H16BrN3S. The van der Waals surface area contributed by atoms with Crippen molar-refractivity contribution in [3.05, 3.63) is 27.8 Å². The molecule has 2 aromatic heterocycles. The average molecular weight is 314 g/mol. The highest BCUT2D eigenvalue weighted by Crippen LogP contribution is 2.27. The number of nitrogens with one attached hydrogen (secondary N) is 2. The molecule has 0 saturated carbocycles. The van der Waals surface area contributed by atoms with Crippen LogP contribution < -0.4 is 5.32 Å². The minimum Gasteiger partial charge on any atom is -0.340 e. The first-order valence-electron chi connectivity index (χ1n) is 5.47. The summed E-state index contributed by atoms with van der Waals surface area (Å²) in [7, 11) is 0. The molecule has 2 rings (SSSR count). The highest BCUT2D eigenvalue weighted by molar-refractivity contribution is 9.10. The first-order valence-corrected chi connectivity index (χ1v) is 7.15. The Balaban J connectivity index is 2.06. The van der Waals surface area contributed by atoms with Crippen molar-refractivity contribution in [3.63, 3.8) is 0 Å². The van der Waals surface area contributed by atoms with Gasteiger partial charge >= 0.3 is 0 Å². The molecule has 92 valence electrons. The van der Waals surface area contributed by atoms with E-state index in [-0.39, 0.29) is 5.54 Å². The van der Waals surface area contributed by atoms with E-state index in [4.69, 9.17) is 0 Å². The van der Waals surface area contributed by atoms with E-state index in [0.717, 1.165) is 27.4 Å². The summed E-state index contributed by atoms with van der Waals surface area (Å²) in [6, 6.07) is 2.07. The minimum atomic E-state index is 0.122. The largest absolute Gasteiger partial charge is 0.340 e. The van der Waals surface area contributed by atoms with Crippen LogP contribution in [0.2, 0.25) is 0 Å². The third kappa shape index (κ3) is 3.66. The molecule has 2 N–H and O–H groups in total. The maximum Gasteiger partial charge on any atom is 0.147 e. The molecule has 0 radical (unpaired) electrons. The Labute approximate surface area is 114 Å². The predicted octanol–water partition coefficient (Wildman–Crippen LogP) is 3.79. The van der Waals surface area contributed by atoms with Gasteiger partial charge in [-0.05, 0) is 42.8 Å². The van der Waals surface area contributed by atoms with Crippen LogP contribution in [0.3, 0.4) is 0 Å². The van der Waals surface area contributed by atoms with E-state index < -0.39 is 0 Å². The fourth-order valence-electron chi connectivity index (χ4n) is 1.37. The molecule has 0 fully saturated rings. The Hall–Kier alpha value is -0.650. The monoisotopic (exact) mass is 313 g/mol. The third-order valence-electron chi connectivity index (χ3n) is 2.24. The van der Waals surface area contributed by atoms with Crippen LogP contribution in [0.5, 0.6) is 0 Å². The summed E-state index contributed by atoms with van der Waals surface area (Å²) in [5.74, 6) is 0.936. The molecule has 0 aliphatic rings. The van der Waals surface area contributed by atoms with Gasteiger partial charge in [0.25, 0.3) is 0 Å². The summed E-state index contributed by atoms with van der Waals surface area (Å²) >= 11 is 5.13. The van der Waals surface area contributed by atoms with Gasteiger partial charge in [-0.25, -0.2) is 4.98 Å². The Morgan fingerprint density at radius 2 is 2.24 bits per heavy atom. The minimum absolute atomic E-state index is 0.122. The van der Waals surface area contributed by atoms with Crippen molar-refractivity contribution in [2.24, 2.45) is 0 Å². The highest BCUT2D eigenvalue weighted by Gasteiger charge is 2.10. The van der Waals surface area contributed by atoms with Gasteiger partial charge in [0.1, 0.15) is 5.82 Å². The van der Waals surface area contributed by atoms with Crippen molar-refractivity contribution in [2.75, 3.05) is 0 Å². The molecule has 0 aromatic carbocycles. The zero-order valence-corrected chi connectivity index (χ0v) is 12.6. The van der Waals surface area contributed by atoms with Gasteiger partial charge in [0.05, 0.1) is 4.88 Å². The fourth-order valence-corrected chi connectivity index (χ4v) is 2.75. The second-order valence-electron chi connectivity index (χ2n) is 4.99. The number of halogens is 1. The Kier molecular flexibility index (Phi) is 3.70. The van der Waals surface area contributed by atoms with Gasteiger partial charge < -0.3 is 10.3 Å². The normalized spacial score (nSPS) is 12.0. The molecule has 17 heavy (non-hydrogen) atoms. The molecule has 0 spiro atoms. The summed E-state index contributed by atoms with van der Waals surface area (Å²) in [6.45, 7) is 7.27. The number of rotatable bonds is 3. The standard InChI is InChI=1S/C12H16BrN3S/c1-12(2,3)15-6-9-5-14-11(16-9)10-4-8(13)7-17-10/h4-5,7,15H,6H2,1-3H3,(H,14,16). The van der Waals surface area contributed by atoms with Crippen LogP contribution in [0.25, 0.3) is 10.7 Å². The van der Waals surface area contributed by atoms with Crippen molar-refractivity contribution >= 4 is 27.3 Å². The van der Waals surface area contributed by atoms with E-state index in [1.807, 2.05) is 6.20 Å². The lowest BCUT2D eigenvalue weighted by molar-refractivity contribution is 0.422. The van der Waals surface area contributed by atoms with Crippen molar-refractivity contribution in [3.8, 4) is 10.7 Å². The molecule has 0 unspecified atom stereocenters. The fraction of sp³-hybridized carbons (Fsp3) is 0.417. The molecule has 0 amide bonds. The maximum atomic E-state index is 4.39. The van der Waals surface area contributed by atoms with E-state index in [9.17, 15) is 0 Å². The van der Waals surface area contributed by atoms with E-state index in [0.29, 0.717) is 0 Å². The lowest BCUT2D eigenvalue weighted by Crippen LogP contribution is -2.35.